The maximum atomic E-state index is 12.9. The number of allylic oxidation sites excluding steroid dienone is 2. The average molecular weight is 672 g/mol. The summed E-state index contributed by atoms with van der Waals surface area (Å²) in [7, 11) is 0. The third-order valence-corrected chi connectivity index (χ3v) is 8.59. The van der Waals surface area contributed by atoms with Crippen molar-refractivity contribution in [2.75, 3.05) is 0 Å². The molecule has 0 N–H and O–H groups in total. The maximum Gasteiger partial charge on any atom is 0.511 e. The molecule has 2 rings (SSSR count). The van der Waals surface area contributed by atoms with Gasteiger partial charge in [-0.3, -0.25) is 20.2 Å². The molecule has 0 amide bonds. The molecule has 0 radical (unpaired) electrons. The van der Waals surface area contributed by atoms with Gasteiger partial charge in [0.15, 0.2) is 7.22 Å². The van der Waals surface area contributed by atoms with E-state index in [2.05, 4.69) is 0 Å². The van der Waals surface area contributed by atoms with Crippen molar-refractivity contribution >= 4 is 51.3 Å². The molecule has 0 saturated heterocycles. The lowest BCUT2D eigenvalue weighted by molar-refractivity contribution is -0.420. The van der Waals surface area contributed by atoms with Crippen molar-refractivity contribution in [1.29, 1.82) is 0 Å². The third kappa shape index (κ3) is 5.88. The van der Waals surface area contributed by atoms with Crippen molar-refractivity contribution in [2.45, 2.75) is 47.8 Å². The van der Waals surface area contributed by atoms with Crippen molar-refractivity contribution in [3.8, 4) is 0 Å². The van der Waals surface area contributed by atoms with Crippen LogP contribution in [-0.2, 0) is 9.47 Å². The minimum atomic E-state index is -1.16. The Labute approximate surface area is 213 Å². The molecule has 0 bridgehead atoms. The quantitative estimate of drug-likeness (QED) is 0.0992. The molecule has 9 nitrogen and oxygen atoms in total. The smallest absolute Gasteiger partial charge is 0.412 e. The molecular weight excluding hydrogens is 646 g/mol. The van der Waals surface area contributed by atoms with E-state index >= 15 is 0 Å². The first-order valence-corrected chi connectivity index (χ1v) is 12.4. The van der Waals surface area contributed by atoms with E-state index in [1.807, 2.05) is 72.9 Å². The van der Waals surface area contributed by atoms with Gasteiger partial charge in [0.25, 0.3) is 11.4 Å². The Morgan fingerprint density at radius 2 is 1.28 bits per heavy atom. The summed E-state index contributed by atoms with van der Waals surface area (Å²) >= 11 is 3.95. The number of carbonyl (C=O) groups excluding carboxylic acids is 1. The Bertz CT molecular complexity index is 831. The zero-order chi connectivity index (χ0) is 24.3. The fraction of sp³-hybridized carbons (Fsp3) is 0.571. The number of ether oxygens (including phenoxy) is 2. The van der Waals surface area contributed by atoms with Crippen LogP contribution in [0.1, 0.15) is 40.5 Å². The van der Waals surface area contributed by atoms with E-state index in [0.717, 1.165) is 12.8 Å². The highest BCUT2D eigenvalue weighted by Crippen LogP contribution is 2.45. The second-order valence-corrected chi connectivity index (χ2v) is 11.4. The summed E-state index contributed by atoms with van der Waals surface area (Å²) in [5.41, 5.74) is -0.0937. The highest BCUT2D eigenvalue weighted by atomic mass is 127. The van der Waals surface area contributed by atoms with E-state index in [9.17, 15) is 25.0 Å². The van der Waals surface area contributed by atoms with Crippen LogP contribution in [0.4, 0.5) is 4.79 Å². The lowest BCUT2D eigenvalue weighted by Gasteiger charge is -2.38. The Morgan fingerprint density at radius 3 is 1.56 bits per heavy atom. The van der Waals surface area contributed by atoms with E-state index < -0.39 is 35.1 Å². The number of carbonyl (C=O) groups is 1. The van der Waals surface area contributed by atoms with Gasteiger partial charge in [-0.05, 0) is 69.2 Å². The van der Waals surface area contributed by atoms with Gasteiger partial charge >= 0.3 is 6.16 Å². The molecule has 0 aromatic rings. The summed E-state index contributed by atoms with van der Waals surface area (Å²) in [5, 5.41) is 22.5. The van der Waals surface area contributed by atoms with E-state index in [0.29, 0.717) is 0 Å². The normalized spacial score (nSPS) is 31.2. The van der Waals surface area contributed by atoms with Gasteiger partial charge in [0.2, 0.25) is 0 Å². The predicted octanol–water partition coefficient (Wildman–Crippen LogP) is 6.19. The average Bonchev–Trinajstić information content (AvgIpc) is 2.72. The highest BCUT2D eigenvalue weighted by molar-refractivity contribution is 14.1. The van der Waals surface area contributed by atoms with Crippen LogP contribution in [0.2, 0.25) is 0 Å². The zero-order valence-corrected chi connectivity index (χ0v) is 22.5. The van der Waals surface area contributed by atoms with Crippen LogP contribution in [0.25, 0.3) is 0 Å². The van der Waals surface area contributed by atoms with Crippen LogP contribution in [0.15, 0.2) is 47.9 Å². The highest BCUT2D eigenvalue weighted by Gasteiger charge is 2.47. The van der Waals surface area contributed by atoms with Crippen molar-refractivity contribution in [3.05, 3.63) is 68.1 Å². The Morgan fingerprint density at radius 1 is 0.938 bits per heavy atom. The molecule has 0 saturated carbocycles. The molecule has 0 aliphatic heterocycles. The molecule has 0 aromatic carbocycles. The van der Waals surface area contributed by atoms with Crippen LogP contribution in [0.5, 0.6) is 0 Å². The topological polar surface area (TPSA) is 122 Å². The molecule has 6 atom stereocenters. The van der Waals surface area contributed by atoms with Crippen LogP contribution < -0.4 is 0 Å². The molecule has 6 unspecified atom stereocenters. The fourth-order valence-electron chi connectivity index (χ4n) is 3.66. The first-order valence-electron chi connectivity index (χ1n) is 10.3. The molecule has 0 aromatic heterocycles. The number of hydrogen-bond donors (Lipinski definition) is 0. The van der Waals surface area contributed by atoms with Crippen molar-refractivity contribution in [1.82, 2.24) is 0 Å². The molecular formula is C21H26I2N2O7. The minimum absolute atomic E-state index is 0.00110. The molecule has 0 spiro atoms. The van der Waals surface area contributed by atoms with Gasteiger partial charge in [-0.1, -0.05) is 40.5 Å². The van der Waals surface area contributed by atoms with E-state index in [1.54, 1.807) is 0 Å². The summed E-state index contributed by atoms with van der Waals surface area (Å²) in [6, 6.07) is 0. The molecule has 2 aliphatic carbocycles. The monoisotopic (exact) mass is 672 g/mol. The zero-order valence-electron chi connectivity index (χ0n) is 18.2. The van der Waals surface area contributed by atoms with Gasteiger partial charge in [0, 0.05) is 36.1 Å². The lowest BCUT2D eigenvalue weighted by atomic mass is 9.83. The van der Waals surface area contributed by atoms with Crippen molar-refractivity contribution in [2.24, 2.45) is 23.7 Å². The van der Waals surface area contributed by atoms with Crippen molar-refractivity contribution < 1.29 is 24.1 Å². The van der Waals surface area contributed by atoms with Crippen LogP contribution in [-0.4, -0.2) is 23.2 Å². The number of nitro groups is 2. The molecule has 32 heavy (non-hydrogen) atoms. The number of hydrogen-bond acceptors (Lipinski definition) is 7. The Kier molecular flexibility index (Phi) is 8.87. The Balaban J connectivity index is 2.28. The summed E-state index contributed by atoms with van der Waals surface area (Å²) < 4.78 is 9.12. The second kappa shape index (κ2) is 10.6. The summed E-state index contributed by atoms with van der Waals surface area (Å²) in [4.78, 5) is 34.4. The van der Waals surface area contributed by atoms with Crippen LogP contribution in [0.3, 0.4) is 0 Å². The lowest BCUT2D eigenvalue weighted by Crippen LogP contribution is -2.43. The minimum Gasteiger partial charge on any atom is -0.412 e. The first-order chi connectivity index (χ1) is 14.9. The number of alkyl halides is 2. The SMILES string of the molecule is CCC(C)C1C=C([N+](=O)[O-])C=CC1(I)OC(=O)OC1(I)C=CC([N+](=O)[O-])=CC1C(C)CC. The van der Waals surface area contributed by atoms with Gasteiger partial charge in [-0.25, -0.2) is 4.79 Å². The fourth-order valence-corrected chi connectivity index (χ4v) is 5.97. The largest absolute Gasteiger partial charge is 0.511 e. The molecule has 0 fully saturated rings. The maximum absolute atomic E-state index is 12.9. The summed E-state index contributed by atoms with van der Waals surface area (Å²) in [5.74, 6) is -0.851. The summed E-state index contributed by atoms with van der Waals surface area (Å²) in [6.07, 6.45) is 9.22. The van der Waals surface area contributed by atoms with E-state index in [4.69, 9.17) is 9.47 Å². The van der Waals surface area contributed by atoms with E-state index in [1.165, 1.54) is 36.5 Å². The molecule has 0 heterocycles. The molecule has 2 aliphatic rings. The Hall–Kier alpha value is -1.51. The van der Waals surface area contributed by atoms with Crippen molar-refractivity contribution in [3.63, 3.8) is 0 Å². The predicted molar refractivity (Wildman–Crippen MR) is 135 cm³/mol. The van der Waals surface area contributed by atoms with Gasteiger partial charge < -0.3 is 9.47 Å². The van der Waals surface area contributed by atoms with Crippen LogP contribution >= 0.6 is 45.2 Å². The second-order valence-electron chi connectivity index (χ2n) is 8.04. The van der Waals surface area contributed by atoms with Gasteiger partial charge in [0.1, 0.15) is 0 Å². The number of rotatable bonds is 8. The van der Waals surface area contributed by atoms with Gasteiger partial charge in [0.05, 0.1) is 9.85 Å². The molecule has 176 valence electrons. The number of halogens is 2. The third-order valence-electron chi connectivity index (χ3n) is 5.99. The van der Waals surface area contributed by atoms with Gasteiger partial charge in [-0.2, -0.15) is 0 Å². The van der Waals surface area contributed by atoms with Crippen LogP contribution in [0, 0.1) is 43.9 Å². The first kappa shape index (κ1) is 26.7. The van der Waals surface area contributed by atoms with Gasteiger partial charge in [-0.15, -0.1) is 0 Å². The number of nitrogens with zero attached hydrogens (tertiary/aromatic N) is 2. The summed E-state index contributed by atoms with van der Waals surface area (Å²) in [6.45, 7) is 7.79. The van der Waals surface area contributed by atoms with E-state index in [-0.39, 0.29) is 23.2 Å². The molecule has 11 heteroatoms. The standard InChI is InChI=1S/C21H26I2N2O7/c1-5-13(3)17-11-15(24(27)28)7-9-20(17,22)31-19(26)32-21(23)10-8-16(25(29)30)12-18(21)14(4)6-2/h7-14,17-18H,5-6H2,1-4H3.